The van der Waals surface area contributed by atoms with Crippen LogP contribution in [-0.2, 0) is 10.1 Å². The van der Waals surface area contributed by atoms with Crippen LogP contribution in [0.1, 0.15) is 64.7 Å². The van der Waals surface area contributed by atoms with Crippen LogP contribution in [0.4, 0.5) is 0 Å². The van der Waals surface area contributed by atoms with Crippen molar-refractivity contribution < 1.29 is 69.5 Å². The predicted molar refractivity (Wildman–Crippen MR) is 67.8 cm³/mol. The van der Waals surface area contributed by atoms with Gasteiger partial charge in [-0.3, -0.25) is 0 Å². The summed E-state index contributed by atoms with van der Waals surface area (Å²) in [4.78, 5) is 0. The second-order valence-corrected chi connectivity index (χ2v) is 6.14. The smallest absolute Gasteiger partial charge is 0.748 e. The topological polar surface area (TPSA) is 77.4 Å². The van der Waals surface area contributed by atoms with Crippen molar-refractivity contribution in [2.45, 2.75) is 70.8 Å². The molecule has 0 rings (SSSR count). The second kappa shape index (κ2) is 13.5. The third-order valence-corrected chi connectivity index (χ3v) is 3.61. The van der Waals surface area contributed by atoms with Gasteiger partial charge in [0.05, 0.1) is 16.2 Å². The summed E-state index contributed by atoms with van der Waals surface area (Å²) in [5.74, 6) is -0.278. The van der Waals surface area contributed by atoms with Crippen LogP contribution in [0.5, 0.6) is 0 Å². The van der Waals surface area contributed by atoms with Gasteiger partial charge in [0.25, 0.3) is 0 Å². The maximum Gasteiger partial charge on any atom is 1.00 e. The van der Waals surface area contributed by atoms with Gasteiger partial charge in [-0.15, -0.1) is 0 Å². The van der Waals surface area contributed by atoms with Crippen molar-refractivity contribution in [3.8, 4) is 0 Å². The van der Waals surface area contributed by atoms with Crippen LogP contribution in [0.3, 0.4) is 0 Å². The summed E-state index contributed by atoms with van der Waals surface area (Å²) < 4.78 is 31.0. The van der Waals surface area contributed by atoms with E-state index in [9.17, 15) is 18.1 Å². The van der Waals surface area contributed by atoms with Gasteiger partial charge in [0.1, 0.15) is 0 Å². The van der Waals surface area contributed by atoms with Crippen LogP contribution in [0, 0.1) is 0 Å². The Morgan fingerprint density at radius 1 is 1.00 bits per heavy atom. The largest absolute Gasteiger partial charge is 1.00 e. The van der Waals surface area contributed by atoms with Crippen molar-refractivity contribution >= 4 is 10.1 Å². The fourth-order valence-corrected chi connectivity index (χ4v) is 2.34. The van der Waals surface area contributed by atoms with Gasteiger partial charge in [-0.1, -0.05) is 45.4 Å². The fraction of sp³-hybridized carbons (Fsp3) is 1.00. The third-order valence-electron chi connectivity index (χ3n) is 2.82. The molecule has 6 heteroatoms. The van der Waals surface area contributed by atoms with Gasteiger partial charge in [0.2, 0.25) is 0 Å². The average molecular weight is 304 g/mol. The Kier molecular flexibility index (Phi) is 16.3. The zero-order valence-electron chi connectivity index (χ0n) is 11.7. The maximum atomic E-state index is 10.3. The van der Waals surface area contributed by atoms with Crippen LogP contribution < -0.4 is 51.4 Å². The summed E-state index contributed by atoms with van der Waals surface area (Å²) in [6.45, 7) is 2.15. The summed E-state index contributed by atoms with van der Waals surface area (Å²) >= 11 is 0. The van der Waals surface area contributed by atoms with Crippen molar-refractivity contribution in [3.05, 3.63) is 0 Å². The standard InChI is InChI=1S/C12H26O4S.K/c1-2-3-4-6-9-12(13)10-7-5-8-11-17(14,15)16;/h12-13H,2-11H2,1H3,(H,14,15,16);/q;+1/p-1. The molecule has 1 unspecified atom stereocenters. The third kappa shape index (κ3) is 17.5. The van der Waals surface area contributed by atoms with E-state index >= 15 is 0 Å². The first-order valence-electron chi connectivity index (χ1n) is 6.57. The van der Waals surface area contributed by atoms with E-state index in [4.69, 9.17) is 0 Å². The summed E-state index contributed by atoms with van der Waals surface area (Å²) in [6, 6.07) is 0. The van der Waals surface area contributed by atoms with Crippen molar-refractivity contribution in [1.82, 2.24) is 0 Å². The van der Waals surface area contributed by atoms with Crippen molar-refractivity contribution in [1.29, 1.82) is 0 Å². The molecular formula is C12H25KO4S. The Bertz CT molecular complexity index is 267. The van der Waals surface area contributed by atoms with Crippen LogP contribution in [-0.4, -0.2) is 29.9 Å². The Morgan fingerprint density at radius 3 is 1.94 bits per heavy atom. The molecule has 4 nitrogen and oxygen atoms in total. The van der Waals surface area contributed by atoms with Crippen molar-refractivity contribution in [2.75, 3.05) is 5.75 Å². The molecule has 0 aliphatic heterocycles. The molecule has 0 heterocycles. The summed E-state index contributed by atoms with van der Waals surface area (Å²) in [6.07, 6.45) is 7.83. The minimum atomic E-state index is -4.06. The van der Waals surface area contributed by atoms with Gasteiger partial charge in [-0.25, -0.2) is 8.42 Å². The van der Waals surface area contributed by atoms with Gasteiger partial charge in [-0.05, 0) is 19.3 Å². The molecule has 0 aromatic carbocycles. The number of rotatable bonds is 11. The van der Waals surface area contributed by atoms with E-state index in [1.165, 1.54) is 19.3 Å². The molecule has 0 aliphatic carbocycles. The molecule has 18 heavy (non-hydrogen) atoms. The molecule has 0 aromatic heterocycles. The van der Waals surface area contributed by atoms with E-state index < -0.39 is 10.1 Å². The van der Waals surface area contributed by atoms with Gasteiger partial charge >= 0.3 is 51.4 Å². The zero-order valence-corrected chi connectivity index (χ0v) is 15.7. The number of aliphatic hydroxyl groups is 1. The van der Waals surface area contributed by atoms with E-state index in [2.05, 4.69) is 6.92 Å². The van der Waals surface area contributed by atoms with Crippen LogP contribution in [0.15, 0.2) is 0 Å². The van der Waals surface area contributed by atoms with Gasteiger partial charge in [0.15, 0.2) is 0 Å². The van der Waals surface area contributed by atoms with Crippen LogP contribution in [0.25, 0.3) is 0 Å². The Balaban J connectivity index is 0. The monoisotopic (exact) mass is 304 g/mol. The molecule has 0 spiro atoms. The molecule has 0 saturated heterocycles. The first-order chi connectivity index (χ1) is 7.95. The van der Waals surface area contributed by atoms with Gasteiger partial charge in [-0.2, -0.15) is 0 Å². The number of hydrogen-bond acceptors (Lipinski definition) is 4. The normalized spacial score (nSPS) is 13.1. The van der Waals surface area contributed by atoms with Crippen LogP contribution in [0.2, 0.25) is 0 Å². The van der Waals surface area contributed by atoms with E-state index in [0.717, 1.165) is 19.3 Å². The van der Waals surface area contributed by atoms with Crippen molar-refractivity contribution in [3.63, 3.8) is 0 Å². The molecule has 0 amide bonds. The Morgan fingerprint density at radius 2 is 1.50 bits per heavy atom. The first-order valence-corrected chi connectivity index (χ1v) is 8.15. The van der Waals surface area contributed by atoms with Gasteiger partial charge in [0, 0.05) is 5.75 Å². The minimum absolute atomic E-state index is 0. The van der Waals surface area contributed by atoms with Crippen molar-refractivity contribution in [2.24, 2.45) is 0 Å². The fourth-order valence-electron chi connectivity index (χ4n) is 1.79. The maximum absolute atomic E-state index is 10.3. The van der Waals surface area contributed by atoms with E-state index in [1.54, 1.807) is 0 Å². The molecule has 0 saturated carbocycles. The van der Waals surface area contributed by atoms with Crippen LogP contribution >= 0.6 is 0 Å². The second-order valence-electron chi connectivity index (χ2n) is 4.61. The number of unbranched alkanes of at least 4 members (excludes halogenated alkanes) is 5. The molecule has 0 fully saturated rings. The number of hydrogen-bond donors (Lipinski definition) is 1. The average Bonchev–Trinajstić information content (AvgIpc) is 2.22. The molecule has 0 radical (unpaired) electrons. The number of aliphatic hydroxyl groups excluding tert-OH is 1. The molecular weight excluding hydrogens is 279 g/mol. The molecule has 104 valence electrons. The van der Waals surface area contributed by atoms with E-state index in [0.29, 0.717) is 19.3 Å². The van der Waals surface area contributed by atoms with Gasteiger partial charge < -0.3 is 9.66 Å². The Labute approximate surface area is 154 Å². The molecule has 0 aliphatic rings. The quantitative estimate of drug-likeness (QED) is 0.315. The Hall–Kier alpha value is 1.51. The SMILES string of the molecule is CCCCCCC(O)CCCCCS(=O)(=O)[O-].[K+]. The molecule has 1 atom stereocenters. The predicted octanol–water partition coefficient (Wildman–Crippen LogP) is -0.573. The molecule has 0 bridgehead atoms. The molecule has 1 N–H and O–H groups in total. The summed E-state index contributed by atoms with van der Waals surface area (Å²) in [5, 5.41) is 9.63. The summed E-state index contributed by atoms with van der Waals surface area (Å²) in [7, 11) is -4.06. The molecule has 0 aromatic rings. The van der Waals surface area contributed by atoms with E-state index in [-0.39, 0.29) is 63.2 Å². The first kappa shape index (κ1) is 21.8. The summed E-state index contributed by atoms with van der Waals surface area (Å²) in [5.41, 5.74) is 0. The van der Waals surface area contributed by atoms with E-state index in [1.807, 2.05) is 0 Å². The minimum Gasteiger partial charge on any atom is -0.748 e. The zero-order chi connectivity index (χ0) is 13.1.